The summed E-state index contributed by atoms with van der Waals surface area (Å²) in [4.78, 5) is 17.1. The van der Waals surface area contributed by atoms with Crippen LogP contribution in [-0.4, -0.2) is 30.2 Å². The number of anilines is 1. The van der Waals surface area contributed by atoms with E-state index in [1.807, 2.05) is 54.6 Å². The van der Waals surface area contributed by atoms with Gasteiger partial charge in [-0.25, -0.2) is 4.98 Å². The Morgan fingerprint density at radius 2 is 1.93 bits per heavy atom. The van der Waals surface area contributed by atoms with Gasteiger partial charge in [-0.05, 0) is 43.5 Å². The summed E-state index contributed by atoms with van der Waals surface area (Å²) in [5.74, 6) is 0.381. The molecule has 1 aliphatic rings. The molecule has 1 aliphatic heterocycles. The van der Waals surface area contributed by atoms with Gasteiger partial charge in [0.25, 0.3) is 5.91 Å². The second-order valence-corrected chi connectivity index (χ2v) is 6.64. The van der Waals surface area contributed by atoms with Crippen molar-refractivity contribution in [2.24, 2.45) is 0 Å². The molecule has 1 aromatic heterocycles. The first kappa shape index (κ1) is 17.5. The molecule has 1 unspecified atom stereocenters. The van der Waals surface area contributed by atoms with Crippen LogP contribution in [0.3, 0.4) is 0 Å². The monoisotopic (exact) mass is 362 g/mol. The van der Waals surface area contributed by atoms with E-state index in [2.05, 4.69) is 10.3 Å². The smallest absolute Gasteiger partial charge is 0.274 e. The molecule has 1 amide bonds. The normalized spacial score (nSPS) is 16.8. The van der Waals surface area contributed by atoms with Crippen LogP contribution in [0.1, 0.15) is 29.8 Å². The summed E-state index contributed by atoms with van der Waals surface area (Å²) >= 11 is 0. The van der Waals surface area contributed by atoms with Crippen LogP contribution < -0.4 is 10.1 Å². The van der Waals surface area contributed by atoms with Crippen LogP contribution in [0.2, 0.25) is 0 Å². The lowest BCUT2D eigenvalue weighted by Gasteiger charge is -2.23. The second-order valence-electron chi connectivity index (χ2n) is 6.64. The number of amides is 1. The largest absolute Gasteiger partial charge is 0.489 e. The summed E-state index contributed by atoms with van der Waals surface area (Å²) < 4.78 is 11.6. The van der Waals surface area contributed by atoms with Crippen LogP contribution in [0.5, 0.6) is 5.75 Å². The number of ether oxygens (including phenoxy) is 2. The lowest BCUT2D eigenvalue weighted by Crippen LogP contribution is -2.26. The van der Waals surface area contributed by atoms with Gasteiger partial charge in [-0.2, -0.15) is 0 Å². The van der Waals surface area contributed by atoms with E-state index in [0.29, 0.717) is 23.7 Å². The van der Waals surface area contributed by atoms with E-state index in [1.54, 1.807) is 6.07 Å². The minimum Gasteiger partial charge on any atom is -0.489 e. The zero-order chi connectivity index (χ0) is 18.5. The van der Waals surface area contributed by atoms with Gasteiger partial charge in [0.15, 0.2) is 0 Å². The number of carbonyl (C=O) groups is 1. The van der Waals surface area contributed by atoms with Crippen LogP contribution in [0.15, 0.2) is 60.7 Å². The Bertz CT molecular complexity index is 935. The highest BCUT2D eigenvalue weighted by molar-refractivity contribution is 6.04. The zero-order valence-corrected chi connectivity index (χ0v) is 15.1. The predicted molar refractivity (Wildman–Crippen MR) is 105 cm³/mol. The lowest BCUT2D eigenvalue weighted by atomic mass is 10.1. The maximum atomic E-state index is 12.7. The third kappa shape index (κ3) is 4.26. The highest BCUT2D eigenvalue weighted by Gasteiger charge is 2.16. The number of hydrogen-bond acceptors (Lipinski definition) is 4. The van der Waals surface area contributed by atoms with Gasteiger partial charge in [-0.3, -0.25) is 4.79 Å². The van der Waals surface area contributed by atoms with E-state index in [4.69, 9.17) is 9.47 Å². The van der Waals surface area contributed by atoms with Gasteiger partial charge in [0.2, 0.25) is 0 Å². The number of fused-ring (bicyclic) bond motifs is 1. The molecule has 0 spiro atoms. The minimum atomic E-state index is -0.259. The molecule has 3 aromatic rings. The highest BCUT2D eigenvalue weighted by Crippen LogP contribution is 2.25. The van der Waals surface area contributed by atoms with Gasteiger partial charge in [-0.15, -0.1) is 0 Å². The second kappa shape index (κ2) is 8.18. The topological polar surface area (TPSA) is 60.5 Å². The Morgan fingerprint density at radius 1 is 1.07 bits per heavy atom. The van der Waals surface area contributed by atoms with Crippen LogP contribution >= 0.6 is 0 Å². The van der Waals surface area contributed by atoms with Gasteiger partial charge in [0.05, 0.1) is 17.3 Å². The van der Waals surface area contributed by atoms with Crippen LogP contribution in [-0.2, 0) is 4.74 Å². The molecular formula is C22H22N2O3. The van der Waals surface area contributed by atoms with Crippen molar-refractivity contribution in [1.82, 2.24) is 4.98 Å². The summed E-state index contributed by atoms with van der Waals surface area (Å²) in [7, 11) is 0. The molecule has 1 fully saturated rings. The van der Waals surface area contributed by atoms with E-state index in [1.165, 1.54) is 6.42 Å². The van der Waals surface area contributed by atoms with Crippen LogP contribution in [0.25, 0.3) is 10.9 Å². The molecule has 5 heteroatoms. The van der Waals surface area contributed by atoms with Crippen molar-refractivity contribution < 1.29 is 14.3 Å². The minimum absolute atomic E-state index is 0.115. The van der Waals surface area contributed by atoms with Crippen molar-refractivity contribution in [3.8, 4) is 5.75 Å². The molecule has 1 N–H and O–H groups in total. The Balaban J connectivity index is 1.47. The summed E-state index contributed by atoms with van der Waals surface area (Å²) in [6.07, 6.45) is 3.40. The number of nitrogens with zero attached hydrogens (tertiary/aromatic N) is 1. The molecule has 0 bridgehead atoms. The first-order chi connectivity index (χ1) is 13.3. The molecule has 2 heterocycles. The van der Waals surface area contributed by atoms with Gasteiger partial charge < -0.3 is 14.8 Å². The Kier molecular flexibility index (Phi) is 5.30. The summed E-state index contributed by atoms with van der Waals surface area (Å²) in [5.41, 5.74) is 1.80. The van der Waals surface area contributed by atoms with E-state index < -0.39 is 0 Å². The number of pyridine rings is 1. The molecule has 1 atom stereocenters. The van der Waals surface area contributed by atoms with E-state index in [0.717, 1.165) is 30.4 Å². The number of nitrogens with one attached hydrogen (secondary N) is 1. The molecule has 4 rings (SSSR count). The average Bonchev–Trinajstić information content (AvgIpc) is 2.73. The van der Waals surface area contributed by atoms with Crippen LogP contribution in [0.4, 0.5) is 5.69 Å². The molecule has 0 aliphatic carbocycles. The van der Waals surface area contributed by atoms with Gasteiger partial charge in [-0.1, -0.05) is 36.4 Å². The fourth-order valence-corrected chi connectivity index (χ4v) is 3.20. The number of aromatic nitrogens is 1. The number of para-hydroxylation sites is 3. The molecule has 2 aromatic carbocycles. The molecule has 27 heavy (non-hydrogen) atoms. The standard InChI is InChI=1S/C22H22N2O3/c25-22(20-13-12-16-7-1-2-9-18(16)23-20)24-19-10-3-4-11-21(19)27-15-17-8-5-6-14-26-17/h1-4,7,9-13,17H,5-6,8,14-15H2,(H,24,25). The highest BCUT2D eigenvalue weighted by atomic mass is 16.5. The number of benzene rings is 2. The van der Waals surface area contributed by atoms with Crippen molar-refractivity contribution in [3.05, 3.63) is 66.4 Å². The molecule has 1 saturated heterocycles. The zero-order valence-electron chi connectivity index (χ0n) is 15.1. The Morgan fingerprint density at radius 3 is 2.81 bits per heavy atom. The van der Waals surface area contributed by atoms with E-state index >= 15 is 0 Å². The van der Waals surface area contributed by atoms with Gasteiger partial charge in [0.1, 0.15) is 18.1 Å². The molecule has 5 nitrogen and oxygen atoms in total. The number of hydrogen-bond donors (Lipinski definition) is 1. The predicted octanol–water partition coefficient (Wildman–Crippen LogP) is 4.44. The Hall–Kier alpha value is -2.92. The average molecular weight is 362 g/mol. The summed E-state index contributed by atoms with van der Waals surface area (Å²) in [6, 6.07) is 18.8. The van der Waals surface area contributed by atoms with E-state index in [9.17, 15) is 4.79 Å². The maximum absolute atomic E-state index is 12.7. The first-order valence-electron chi connectivity index (χ1n) is 9.30. The van der Waals surface area contributed by atoms with Crippen molar-refractivity contribution in [1.29, 1.82) is 0 Å². The molecule has 0 saturated carbocycles. The van der Waals surface area contributed by atoms with Crippen molar-refractivity contribution in [2.75, 3.05) is 18.5 Å². The third-order valence-corrected chi connectivity index (χ3v) is 4.67. The van der Waals surface area contributed by atoms with Gasteiger partial charge >= 0.3 is 0 Å². The van der Waals surface area contributed by atoms with Crippen molar-refractivity contribution in [2.45, 2.75) is 25.4 Å². The summed E-state index contributed by atoms with van der Waals surface area (Å²) in [5, 5.41) is 3.92. The Labute approximate surface area is 158 Å². The summed E-state index contributed by atoms with van der Waals surface area (Å²) in [6.45, 7) is 1.28. The maximum Gasteiger partial charge on any atom is 0.274 e. The van der Waals surface area contributed by atoms with Gasteiger partial charge in [0, 0.05) is 12.0 Å². The molecule has 138 valence electrons. The first-order valence-corrected chi connectivity index (χ1v) is 9.30. The SMILES string of the molecule is O=C(Nc1ccccc1OCC1CCCCO1)c1ccc2ccccc2n1. The van der Waals surface area contributed by atoms with Crippen LogP contribution in [0, 0.1) is 0 Å². The fourth-order valence-electron chi connectivity index (χ4n) is 3.20. The quantitative estimate of drug-likeness (QED) is 0.729. The number of carbonyl (C=O) groups excluding carboxylic acids is 1. The van der Waals surface area contributed by atoms with Crippen molar-refractivity contribution in [3.63, 3.8) is 0 Å². The fraction of sp³-hybridized carbons (Fsp3) is 0.273. The molecule has 0 radical (unpaired) electrons. The van der Waals surface area contributed by atoms with E-state index in [-0.39, 0.29) is 12.0 Å². The van der Waals surface area contributed by atoms with Crippen molar-refractivity contribution >= 4 is 22.5 Å². The lowest BCUT2D eigenvalue weighted by molar-refractivity contribution is -0.0109. The molecular weight excluding hydrogens is 340 g/mol. The third-order valence-electron chi connectivity index (χ3n) is 4.67. The number of rotatable bonds is 5.